The SMILES string of the molecule is CC1(C)OB(B2OC(C)(C)C(C)(C)O2)OC1(C)C.CN1C(=O)CCc2c(B3OC(C)(C)C(C)(C)O3)cccc21.CN1C(=O)CCc2c(Br)cccc21.O=C1CCc2c(Br)cccc2C1. The predicted octanol–water partition coefficient (Wildman–Crippen LogP) is 9.01. The van der Waals surface area contributed by atoms with Crippen LogP contribution in [-0.4, -0.2) is 86.4 Å². The van der Waals surface area contributed by atoms with Crippen molar-refractivity contribution in [2.75, 3.05) is 23.9 Å². The van der Waals surface area contributed by atoms with Crippen molar-refractivity contribution in [3.05, 3.63) is 85.8 Å². The van der Waals surface area contributed by atoms with Gasteiger partial charge in [0.2, 0.25) is 11.8 Å². The molecule has 2 amide bonds. The van der Waals surface area contributed by atoms with Gasteiger partial charge in [-0.25, -0.2) is 0 Å². The minimum atomic E-state index is -0.476. The lowest BCUT2D eigenvalue weighted by Gasteiger charge is -2.32. The second kappa shape index (κ2) is 18.7. The summed E-state index contributed by atoms with van der Waals surface area (Å²) in [4.78, 5) is 37.8. The third-order valence-electron chi connectivity index (χ3n) is 14.5. The van der Waals surface area contributed by atoms with Gasteiger partial charge in [-0.2, -0.15) is 0 Å². The summed E-state index contributed by atoms with van der Waals surface area (Å²) in [7, 11) is 2.33. The van der Waals surface area contributed by atoms with E-state index >= 15 is 0 Å². The molecule has 0 saturated carbocycles. The van der Waals surface area contributed by atoms with Crippen LogP contribution in [0.15, 0.2) is 63.5 Å². The molecular weight excluding hydrogens is 941 g/mol. The topological polar surface area (TPSA) is 113 Å². The van der Waals surface area contributed by atoms with Gasteiger partial charge in [-0.15, -0.1) is 0 Å². The van der Waals surface area contributed by atoms with E-state index in [4.69, 9.17) is 27.9 Å². The molecule has 11 nitrogen and oxygen atoms in total. The molecule has 0 radical (unpaired) electrons. The molecule has 5 heterocycles. The molecule has 3 fully saturated rings. The summed E-state index contributed by atoms with van der Waals surface area (Å²) in [6, 6.07) is 18.0. The first-order valence-electron chi connectivity index (χ1n) is 22.4. The van der Waals surface area contributed by atoms with E-state index in [9.17, 15) is 14.4 Å². The van der Waals surface area contributed by atoms with Gasteiger partial charge in [-0.3, -0.25) is 14.4 Å². The van der Waals surface area contributed by atoms with E-state index in [1.54, 1.807) is 9.80 Å². The fourth-order valence-electron chi connectivity index (χ4n) is 8.16. The highest BCUT2D eigenvalue weighted by molar-refractivity contribution is 9.10. The second-order valence-corrected chi connectivity index (χ2v) is 22.1. The molecule has 1 aliphatic carbocycles. The van der Waals surface area contributed by atoms with Crippen LogP contribution in [-0.2, 0) is 68.0 Å². The van der Waals surface area contributed by atoms with Crippen molar-refractivity contribution in [3.63, 3.8) is 0 Å². The van der Waals surface area contributed by atoms with Crippen molar-refractivity contribution in [2.45, 2.75) is 162 Å². The number of halogens is 2. The molecule has 0 unspecified atom stereocenters. The third kappa shape index (κ3) is 10.3. The first kappa shape index (κ1) is 50.6. The number of carbonyl (C=O) groups is 3. The highest BCUT2D eigenvalue weighted by atomic mass is 79.9. The maximum atomic E-state index is 11.9. The zero-order valence-corrected chi connectivity index (χ0v) is 43.4. The molecule has 0 bridgehead atoms. The number of nitrogens with zero attached hydrogens (tertiary/aromatic N) is 2. The number of hydrogen-bond donors (Lipinski definition) is 0. The van der Waals surface area contributed by atoms with E-state index in [1.807, 2.05) is 124 Å². The Kier molecular flexibility index (Phi) is 14.8. The summed E-state index contributed by atoms with van der Waals surface area (Å²) in [6.07, 6.45) is 4.98. The molecule has 9 rings (SSSR count). The molecule has 16 heteroatoms. The third-order valence-corrected chi connectivity index (χ3v) is 15.9. The zero-order chi connectivity index (χ0) is 47.4. The molecule has 3 saturated heterocycles. The molecule has 64 heavy (non-hydrogen) atoms. The predicted molar refractivity (Wildman–Crippen MR) is 263 cm³/mol. The van der Waals surface area contributed by atoms with Crippen molar-refractivity contribution in [3.8, 4) is 0 Å². The Bertz CT molecular complexity index is 2180. The Morgan fingerprint density at radius 3 is 1.33 bits per heavy atom. The highest BCUT2D eigenvalue weighted by Gasteiger charge is 2.63. The number of benzene rings is 3. The van der Waals surface area contributed by atoms with Gasteiger partial charge < -0.3 is 37.7 Å². The van der Waals surface area contributed by atoms with Gasteiger partial charge in [-0.1, -0.05) is 62.2 Å². The van der Waals surface area contributed by atoms with Crippen LogP contribution in [0.2, 0.25) is 0 Å². The molecule has 344 valence electrons. The van der Waals surface area contributed by atoms with Gasteiger partial charge in [0, 0.05) is 60.1 Å². The lowest BCUT2D eigenvalue weighted by Crippen LogP contribution is -2.41. The molecule has 5 aliphatic heterocycles. The van der Waals surface area contributed by atoms with Crippen molar-refractivity contribution < 1.29 is 42.3 Å². The first-order chi connectivity index (χ1) is 29.6. The number of fused-ring (bicyclic) bond motifs is 3. The Labute approximate surface area is 399 Å². The Balaban J connectivity index is 0.000000145. The first-order valence-corrected chi connectivity index (χ1v) is 23.9. The fraction of sp³-hybridized carbons (Fsp3) is 0.562. The van der Waals surface area contributed by atoms with E-state index < -0.39 is 14.0 Å². The monoisotopic (exact) mass is 1000 g/mol. The molecule has 3 aromatic carbocycles. The van der Waals surface area contributed by atoms with Crippen LogP contribution in [0.5, 0.6) is 0 Å². The number of ketones is 1. The fourth-order valence-corrected chi connectivity index (χ4v) is 9.32. The molecule has 6 aliphatic rings. The average Bonchev–Trinajstić information content (AvgIpc) is 3.67. The van der Waals surface area contributed by atoms with E-state index in [-0.39, 0.29) is 52.5 Å². The molecule has 0 spiro atoms. The van der Waals surface area contributed by atoms with Crippen LogP contribution in [0, 0.1) is 0 Å². The van der Waals surface area contributed by atoms with Crippen LogP contribution in [0.25, 0.3) is 0 Å². The Hall–Kier alpha value is -2.82. The number of amides is 2. The van der Waals surface area contributed by atoms with Gasteiger partial charge >= 0.3 is 21.1 Å². The van der Waals surface area contributed by atoms with E-state index in [2.05, 4.69) is 59.6 Å². The smallest absolute Gasteiger partial charge is 0.405 e. The molecule has 3 aromatic rings. The maximum Gasteiger partial charge on any atom is 0.495 e. The van der Waals surface area contributed by atoms with Crippen LogP contribution in [0.1, 0.15) is 125 Å². The van der Waals surface area contributed by atoms with E-state index in [1.165, 1.54) is 16.7 Å². The molecule has 0 atom stereocenters. The molecular formula is C48H65B3Br2N2O9. The minimum Gasteiger partial charge on any atom is -0.405 e. The van der Waals surface area contributed by atoms with Gasteiger partial charge in [0.25, 0.3) is 0 Å². The molecule has 0 N–H and O–H groups in total. The second-order valence-electron chi connectivity index (χ2n) is 20.4. The summed E-state index contributed by atoms with van der Waals surface area (Å²) in [5, 5.41) is 0. The highest BCUT2D eigenvalue weighted by Crippen LogP contribution is 2.43. The minimum absolute atomic E-state index is 0.161. The van der Waals surface area contributed by atoms with E-state index in [0.717, 1.165) is 50.6 Å². The lowest BCUT2D eigenvalue weighted by atomic mass is 9.49. The van der Waals surface area contributed by atoms with Crippen LogP contribution >= 0.6 is 31.9 Å². The van der Waals surface area contributed by atoms with Crippen molar-refractivity contribution in [1.29, 1.82) is 0 Å². The summed E-state index contributed by atoms with van der Waals surface area (Å²) in [5.74, 6) is 0.722. The van der Waals surface area contributed by atoms with Gasteiger partial charge in [0.15, 0.2) is 0 Å². The van der Waals surface area contributed by atoms with Crippen molar-refractivity contribution in [1.82, 2.24) is 0 Å². The summed E-state index contributed by atoms with van der Waals surface area (Å²) >= 11 is 6.98. The van der Waals surface area contributed by atoms with E-state index in [0.29, 0.717) is 31.5 Å². The summed E-state index contributed by atoms with van der Waals surface area (Å²) in [6.45, 7) is 24.4. The normalized spacial score (nSPS) is 22.9. The standard InChI is InChI=1S/C16H22BNO3.C12H24B2O4.C10H10BrNO.C10H9BrO/c1-15(2)16(3,4)21-17(20-15)12-7-6-8-13-11(12)9-10-14(19)18(13)5;1-9(2)10(3,4)16-13(15-9)14-17-11(5,6)12(7,8)18-14;1-12-9-4-2-3-8(11)7(9)5-6-10(12)13;11-10-3-1-2-7-6-8(12)4-5-9(7)10/h6-8H,9-10H2,1-5H3;1-8H3;2-4H,5-6H2,1H3;1-3H,4-6H2. The van der Waals surface area contributed by atoms with Crippen LogP contribution in [0.3, 0.4) is 0 Å². The summed E-state index contributed by atoms with van der Waals surface area (Å²) < 4.78 is 38.4. The largest absolute Gasteiger partial charge is 0.495 e. The number of Topliss-reactive ketones (excluding diaryl/α,β-unsaturated/α-hetero) is 1. The Morgan fingerprint density at radius 1 is 0.469 bits per heavy atom. The van der Waals surface area contributed by atoms with Gasteiger partial charge in [-0.05, 0) is 154 Å². The number of carbonyl (C=O) groups excluding carboxylic acids is 3. The summed E-state index contributed by atoms with van der Waals surface area (Å²) in [5.41, 5.74) is 5.83. The molecule has 0 aromatic heterocycles. The van der Waals surface area contributed by atoms with Crippen molar-refractivity contribution >= 4 is 87.4 Å². The van der Waals surface area contributed by atoms with Crippen LogP contribution in [0.4, 0.5) is 11.4 Å². The number of anilines is 2. The maximum absolute atomic E-state index is 11.9. The quantitative estimate of drug-likeness (QED) is 0.232. The van der Waals surface area contributed by atoms with Gasteiger partial charge in [0.1, 0.15) is 5.78 Å². The zero-order valence-electron chi connectivity index (χ0n) is 40.2. The van der Waals surface area contributed by atoms with Crippen molar-refractivity contribution in [2.24, 2.45) is 0 Å². The van der Waals surface area contributed by atoms with Crippen LogP contribution < -0.4 is 15.3 Å². The number of rotatable bonds is 2. The Morgan fingerprint density at radius 2 is 0.844 bits per heavy atom. The average molecular weight is 1010 g/mol. The van der Waals surface area contributed by atoms with Gasteiger partial charge in [0.05, 0.1) is 33.6 Å². The lowest BCUT2D eigenvalue weighted by molar-refractivity contribution is -0.119. The number of hydrogen-bond acceptors (Lipinski definition) is 9.